The molecule has 2 aromatic carbocycles. The van der Waals surface area contributed by atoms with Crippen molar-refractivity contribution in [1.82, 2.24) is 3.97 Å². The largest absolute Gasteiger partial charge is 0.267 e. The van der Waals surface area contributed by atoms with Crippen LogP contribution in [0.4, 0.5) is 0 Å². The Kier molecular flexibility index (Phi) is 4.58. The highest BCUT2D eigenvalue weighted by molar-refractivity contribution is 7.90. The summed E-state index contributed by atoms with van der Waals surface area (Å²) >= 11 is 0. The lowest BCUT2D eigenvalue weighted by Gasteiger charge is -2.16. The first-order valence-electron chi connectivity index (χ1n) is 9.02. The zero-order valence-corrected chi connectivity index (χ0v) is 16.0. The van der Waals surface area contributed by atoms with E-state index >= 15 is 0 Å². The molecule has 0 atom stereocenters. The van der Waals surface area contributed by atoms with Gasteiger partial charge in [-0.2, -0.15) is 0 Å². The van der Waals surface area contributed by atoms with Crippen LogP contribution in [-0.2, 0) is 16.4 Å². The van der Waals surface area contributed by atoms with Gasteiger partial charge in [0, 0.05) is 17.5 Å². The van der Waals surface area contributed by atoms with Crippen LogP contribution in [0.25, 0.3) is 11.6 Å². The van der Waals surface area contributed by atoms with Gasteiger partial charge in [0.15, 0.2) is 0 Å². The molecule has 0 N–H and O–H groups in total. The van der Waals surface area contributed by atoms with Gasteiger partial charge < -0.3 is 0 Å². The van der Waals surface area contributed by atoms with Gasteiger partial charge in [-0.1, -0.05) is 66.3 Å². The number of benzene rings is 2. The molecule has 0 saturated heterocycles. The first-order valence-corrected chi connectivity index (χ1v) is 10.5. The number of aromatic nitrogens is 1. The second-order valence-corrected chi connectivity index (χ2v) is 8.55. The minimum absolute atomic E-state index is 0.322. The summed E-state index contributed by atoms with van der Waals surface area (Å²) in [4.78, 5) is 0.322. The highest BCUT2D eigenvalue weighted by Crippen LogP contribution is 2.31. The van der Waals surface area contributed by atoms with Gasteiger partial charge in [-0.25, -0.2) is 12.4 Å². The van der Waals surface area contributed by atoms with Crippen molar-refractivity contribution in [3.05, 3.63) is 101 Å². The molecule has 3 nitrogen and oxygen atoms in total. The Labute approximate surface area is 160 Å². The number of rotatable bonds is 4. The molecule has 4 rings (SSSR count). The number of hydrogen-bond donors (Lipinski definition) is 0. The fourth-order valence-corrected chi connectivity index (χ4v) is 4.79. The van der Waals surface area contributed by atoms with Gasteiger partial charge in [0.2, 0.25) is 0 Å². The molecule has 0 bridgehead atoms. The number of fused-ring (bicyclic) bond motifs is 1. The molecule has 0 spiro atoms. The van der Waals surface area contributed by atoms with Crippen molar-refractivity contribution in [3.8, 4) is 0 Å². The molecular formula is C23H21NO2S. The zero-order chi connectivity index (χ0) is 18.9. The molecule has 1 aliphatic carbocycles. The van der Waals surface area contributed by atoms with Crippen molar-refractivity contribution in [3.63, 3.8) is 0 Å². The maximum absolute atomic E-state index is 13.1. The molecule has 136 valence electrons. The monoisotopic (exact) mass is 375 g/mol. The number of allylic oxidation sites excluding steroid dienone is 3. The Balaban J connectivity index is 1.70. The number of nitrogens with zero attached hydrogens (tertiary/aromatic N) is 1. The van der Waals surface area contributed by atoms with E-state index in [1.54, 1.807) is 18.3 Å². The van der Waals surface area contributed by atoms with Crippen LogP contribution < -0.4 is 0 Å². The first kappa shape index (κ1) is 17.6. The molecular weight excluding hydrogens is 354 g/mol. The molecule has 3 aromatic rings. The van der Waals surface area contributed by atoms with Gasteiger partial charge in [0.05, 0.1) is 4.90 Å². The lowest BCUT2D eigenvalue weighted by atomic mass is 9.96. The minimum atomic E-state index is -3.58. The quantitative estimate of drug-likeness (QED) is 0.638. The van der Waals surface area contributed by atoms with Crippen LogP contribution in [0.3, 0.4) is 0 Å². The third-order valence-electron chi connectivity index (χ3n) is 4.84. The summed E-state index contributed by atoms with van der Waals surface area (Å²) in [5.74, 6) is 0. The SMILES string of the molecule is Cc1ccc(S(=O)(=O)n2ccc3c2CCC=C3/C=C/c2ccccc2)cc1. The minimum Gasteiger partial charge on any atom is -0.245 e. The Bertz CT molecular complexity index is 1120. The molecule has 0 radical (unpaired) electrons. The van der Waals surface area contributed by atoms with E-state index in [2.05, 4.69) is 18.2 Å². The summed E-state index contributed by atoms with van der Waals surface area (Å²) < 4.78 is 27.6. The summed E-state index contributed by atoms with van der Waals surface area (Å²) in [6.07, 6.45) is 9.52. The van der Waals surface area contributed by atoms with Crippen LogP contribution in [0.2, 0.25) is 0 Å². The first-order chi connectivity index (χ1) is 13.1. The van der Waals surface area contributed by atoms with Gasteiger partial charge >= 0.3 is 0 Å². The summed E-state index contributed by atoms with van der Waals surface area (Å²) in [6, 6.07) is 19.0. The summed E-state index contributed by atoms with van der Waals surface area (Å²) in [6.45, 7) is 1.95. The van der Waals surface area contributed by atoms with Crippen LogP contribution in [0.15, 0.2) is 83.9 Å². The topological polar surface area (TPSA) is 39.1 Å². The predicted octanol–water partition coefficient (Wildman–Crippen LogP) is 5.08. The van der Waals surface area contributed by atoms with E-state index in [4.69, 9.17) is 0 Å². The summed E-state index contributed by atoms with van der Waals surface area (Å²) in [7, 11) is -3.58. The molecule has 0 aliphatic heterocycles. The lowest BCUT2D eigenvalue weighted by Crippen LogP contribution is -2.16. The third kappa shape index (κ3) is 3.40. The Morgan fingerprint density at radius 1 is 0.926 bits per heavy atom. The second-order valence-electron chi connectivity index (χ2n) is 6.73. The van der Waals surface area contributed by atoms with E-state index in [1.165, 1.54) is 3.97 Å². The van der Waals surface area contributed by atoms with Crippen molar-refractivity contribution in [1.29, 1.82) is 0 Å². The molecule has 4 heteroatoms. The Hall–Kier alpha value is -2.85. The van der Waals surface area contributed by atoms with E-state index in [-0.39, 0.29) is 0 Å². The predicted molar refractivity (Wildman–Crippen MR) is 110 cm³/mol. The standard InChI is InChI=1S/C23H21NO2S/c1-18-10-14-21(15-11-18)27(25,26)24-17-16-22-20(8-5-9-23(22)24)13-12-19-6-3-2-4-7-19/h2-4,6-8,10-17H,5,9H2,1H3/b13-12+. The molecule has 0 unspecified atom stereocenters. The highest BCUT2D eigenvalue weighted by Gasteiger charge is 2.24. The van der Waals surface area contributed by atoms with Crippen LogP contribution >= 0.6 is 0 Å². The maximum atomic E-state index is 13.1. The zero-order valence-electron chi connectivity index (χ0n) is 15.2. The van der Waals surface area contributed by atoms with Crippen molar-refractivity contribution in [2.24, 2.45) is 0 Å². The lowest BCUT2D eigenvalue weighted by molar-refractivity contribution is 0.585. The van der Waals surface area contributed by atoms with Gasteiger partial charge in [-0.3, -0.25) is 0 Å². The number of aryl methyl sites for hydroxylation is 1. The van der Waals surface area contributed by atoms with Gasteiger partial charge in [0.25, 0.3) is 10.0 Å². The van der Waals surface area contributed by atoms with E-state index in [9.17, 15) is 8.42 Å². The summed E-state index contributed by atoms with van der Waals surface area (Å²) in [5.41, 5.74) is 5.07. The highest BCUT2D eigenvalue weighted by atomic mass is 32.2. The van der Waals surface area contributed by atoms with E-state index in [0.29, 0.717) is 4.90 Å². The second kappa shape index (κ2) is 7.05. The molecule has 0 saturated carbocycles. The van der Waals surface area contributed by atoms with Crippen LogP contribution in [0.1, 0.15) is 28.8 Å². The van der Waals surface area contributed by atoms with E-state index in [1.807, 2.05) is 55.5 Å². The maximum Gasteiger partial charge on any atom is 0.267 e. The fraction of sp³-hybridized carbons (Fsp3) is 0.130. The van der Waals surface area contributed by atoms with Crippen molar-refractivity contribution >= 4 is 21.7 Å². The smallest absolute Gasteiger partial charge is 0.245 e. The molecule has 1 aliphatic rings. The molecule has 1 heterocycles. The van der Waals surface area contributed by atoms with Crippen molar-refractivity contribution in [2.75, 3.05) is 0 Å². The van der Waals surface area contributed by atoms with E-state index in [0.717, 1.165) is 40.8 Å². The van der Waals surface area contributed by atoms with Crippen LogP contribution in [0, 0.1) is 6.92 Å². The number of hydrogen-bond acceptors (Lipinski definition) is 2. The Morgan fingerprint density at radius 2 is 1.67 bits per heavy atom. The van der Waals surface area contributed by atoms with Gasteiger partial charge in [-0.05, 0) is 49.1 Å². The van der Waals surface area contributed by atoms with Crippen LogP contribution in [-0.4, -0.2) is 12.4 Å². The third-order valence-corrected chi connectivity index (χ3v) is 6.57. The van der Waals surface area contributed by atoms with Crippen LogP contribution in [0.5, 0.6) is 0 Å². The molecule has 0 fully saturated rings. The van der Waals surface area contributed by atoms with Crippen molar-refractivity contribution < 1.29 is 8.42 Å². The average Bonchev–Trinajstić information content (AvgIpc) is 3.13. The van der Waals surface area contributed by atoms with Crippen molar-refractivity contribution in [2.45, 2.75) is 24.7 Å². The van der Waals surface area contributed by atoms with Gasteiger partial charge in [0.1, 0.15) is 0 Å². The summed E-state index contributed by atoms with van der Waals surface area (Å²) in [5, 5.41) is 0. The molecule has 27 heavy (non-hydrogen) atoms. The average molecular weight is 375 g/mol. The van der Waals surface area contributed by atoms with E-state index < -0.39 is 10.0 Å². The molecule has 1 aromatic heterocycles. The van der Waals surface area contributed by atoms with Gasteiger partial charge in [-0.15, -0.1) is 0 Å². The molecule has 0 amide bonds. The Morgan fingerprint density at radius 3 is 2.41 bits per heavy atom. The fourth-order valence-electron chi connectivity index (χ4n) is 3.39. The normalized spacial score (nSPS) is 14.2.